The van der Waals surface area contributed by atoms with Crippen molar-refractivity contribution in [1.29, 1.82) is 0 Å². The molecule has 11 heteroatoms. The Bertz CT molecular complexity index is 1830. The number of rotatable bonds is 9. The van der Waals surface area contributed by atoms with Crippen molar-refractivity contribution in [1.82, 2.24) is 29.5 Å². The first kappa shape index (κ1) is 29.5. The Morgan fingerprint density at radius 2 is 1.56 bits per heavy atom. The molecule has 1 aliphatic rings. The quantitative estimate of drug-likeness (QED) is 0.150. The SMILES string of the molecule is O=C(c1csc(CSc2nnc(-c3ccco3)n2-c2ccccc2Cl)n1)N1CCN(C(c2ccccc2)c2ccccc2)CC1. The van der Waals surface area contributed by atoms with Crippen LogP contribution in [-0.2, 0) is 5.75 Å². The van der Waals surface area contributed by atoms with Gasteiger partial charge in [-0.25, -0.2) is 4.98 Å². The van der Waals surface area contributed by atoms with Gasteiger partial charge in [0.15, 0.2) is 10.9 Å². The van der Waals surface area contributed by atoms with Crippen molar-refractivity contribution in [3.8, 4) is 17.3 Å². The number of thioether (sulfide) groups is 1. The van der Waals surface area contributed by atoms with Gasteiger partial charge in [0.05, 0.1) is 28.8 Å². The monoisotopic (exact) mass is 652 g/mol. The molecule has 4 heterocycles. The highest BCUT2D eigenvalue weighted by atomic mass is 35.5. The van der Waals surface area contributed by atoms with Crippen LogP contribution in [0.2, 0.25) is 5.02 Å². The van der Waals surface area contributed by atoms with Crippen LogP contribution in [-0.4, -0.2) is 61.6 Å². The van der Waals surface area contributed by atoms with Gasteiger partial charge < -0.3 is 9.32 Å². The Labute approximate surface area is 274 Å². The van der Waals surface area contributed by atoms with Crippen molar-refractivity contribution in [2.75, 3.05) is 26.2 Å². The summed E-state index contributed by atoms with van der Waals surface area (Å²) >= 11 is 9.53. The van der Waals surface area contributed by atoms with Crippen LogP contribution in [0, 0.1) is 0 Å². The predicted octanol–water partition coefficient (Wildman–Crippen LogP) is 7.48. The summed E-state index contributed by atoms with van der Waals surface area (Å²) in [5, 5.41) is 12.8. The van der Waals surface area contributed by atoms with Crippen molar-refractivity contribution >= 4 is 40.6 Å². The molecule has 1 saturated heterocycles. The van der Waals surface area contributed by atoms with Gasteiger partial charge in [0, 0.05) is 31.6 Å². The summed E-state index contributed by atoms with van der Waals surface area (Å²) in [5.74, 6) is 1.65. The fourth-order valence-corrected chi connectivity index (χ4v) is 7.56. The van der Waals surface area contributed by atoms with Crippen LogP contribution in [0.4, 0.5) is 0 Å². The lowest BCUT2D eigenvalue weighted by Crippen LogP contribution is -2.50. The van der Waals surface area contributed by atoms with E-state index in [0.717, 1.165) is 23.8 Å². The lowest BCUT2D eigenvalue weighted by Gasteiger charge is -2.39. The van der Waals surface area contributed by atoms with E-state index in [1.54, 1.807) is 6.26 Å². The molecule has 1 aliphatic heterocycles. The molecule has 3 aromatic carbocycles. The van der Waals surface area contributed by atoms with Gasteiger partial charge in [0.2, 0.25) is 5.82 Å². The van der Waals surface area contributed by atoms with Gasteiger partial charge in [-0.15, -0.1) is 21.5 Å². The Balaban J connectivity index is 1.03. The summed E-state index contributed by atoms with van der Waals surface area (Å²) in [5.41, 5.74) is 3.75. The molecule has 0 spiro atoms. The minimum Gasteiger partial charge on any atom is -0.461 e. The zero-order valence-corrected chi connectivity index (χ0v) is 26.6. The first-order chi connectivity index (χ1) is 22.2. The zero-order chi connectivity index (χ0) is 30.6. The standard InChI is InChI=1S/C34H29ClN6O2S2/c35-26-14-7-8-15-28(26)41-32(29-16-9-21-43-29)37-38-34(41)45-23-30-36-27(22-44-30)33(42)40-19-17-39(18-20-40)31(24-10-3-1-4-11-24)25-12-5-2-6-13-25/h1-16,21-22,31H,17-20,23H2. The van der Waals surface area contributed by atoms with E-state index in [-0.39, 0.29) is 11.9 Å². The molecule has 0 bridgehead atoms. The summed E-state index contributed by atoms with van der Waals surface area (Å²) in [6.07, 6.45) is 1.60. The number of amides is 1. The fourth-order valence-electron chi connectivity index (χ4n) is 5.61. The molecule has 8 nitrogen and oxygen atoms in total. The van der Waals surface area contributed by atoms with Crippen LogP contribution in [0.15, 0.2) is 118 Å². The van der Waals surface area contributed by atoms with Gasteiger partial charge in [-0.2, -0.15) is 0 Å². The number of benzene rings is 3. The van der Waals surface area contributed by atoms with E-state index in [1.165, 1.54) is 34.2 Å². The zero-order valence-electron chi connectivity index (χ0n) is 24.2. The van der Waals surface area contributed by atoms with Gasteiger partial charge in [0.1, 0.15) is 10.7 Å². The molecule has 0 saturated carbocycles. The molecule has 1 amide bonds. The smallest absolute Gasteiger partial charge is 0.273 e. The maximum Gasteiger partial charge on any atom is 0.273 e. The number of hydrogen-bond donors (Lipinski definition) is 0. The van der Waals surface area contributed by atoms with E-state index in [2.05, 4.69) is 63.6 Å². The molecule has 0 aliphatic carbocycles. The Morgan fingerprint density at radius 1 is 0.867 bits per heavy atom. The summed E-state index contributed by atoms with van der Waals surface area (Å²) in [6.45, 7) is 2.85. The van der Waals surface area contributed by atoms with Gasteiger partial charge in [-0.05, 0) is 35.4 Å². The van der Waals surface area contributed by atoms with Crippen molar-refractivity contribution in [2.45, 2.75) is 17.0 Å². The topological polar surface area (TPSA) is 80.3 Å². The van der Waals surface area contributed by atoms with Crippen LogP contribution in [0.5, 0.6) is 0 Å². The van der Waals surface area contributed by atoms with E-state index in [9.17, 15) is 4.79 Å². The third-order valence-electron chi connectivity index (χ3n) is 7.76. The van der Waals surface area contributed by atoms with Crippen LogP contribution in [0.3, 0.4) is 0 Å². The van der Waals surface area contributed by atoms with E-state index >= 15 is 0 Å². The normalized spacial score (nSPS) is 13.9. The van der Waals surface area contributed by atoms with Crippen LogP contribution in [0.1, 0.15) is 32.7 Å². The Hall–Kier alpha value is -4.22. The number of piperazine rings is 1. The van der Waals surface area contributed by atoms with E-state index in [1.807, 2.05) is 63.4 Å². The van der Waals surface area contributed by atoms with Crippen molar-refractivity contribution in [2.24, 2.45) is 0 Å². The average Bonchev–Trinajstić information content (AvgIpc) is 3.87. The van der Waals surface area contributed by atoms with E-state index in [4.69, 9.17) is 21.0 Å². The molecule has 0 atom stereocenters. The molecule has 226 valence electrons. The number of para-hydroxylation sites is 1. The van der Waals surface area contributed by atoms with Crippen molar-refractivity contribution < 1.29 is 9.21 Å². The highest BCUT2D eigenvalue weighted by molar-refractivity contribution is 7.98. The number of furan rings is 1. The van der Waals surface area contributed by atoms with Crippen molar-refractivity contribution in [3.63, 3.8) is 0 Å². The highest BCUT2D eigenvalue weighted by Crippen LogP contribution is 2.34. The number of aromatic nitrogens is 4. The average molecular weight is 653 g/mol. The van der Waals surface area contributed by atoms with Crippen molar-refractivity contribution in [3.05, 3.63) is 136 Å². The second kappa shape index (κ2) is 13.4. The lowest BCUT2D eigenvalue weighted by molar-refractivity contribution is 0.0592. The van der Waals surface area contributed by atoms with Gasteiger partial charge in [-0.3, -0.25) is 14.3 Å². The second-order valence-corrected chi connectivity index (χ2v) is 12.8. The minimum atomic E-state index is -0.0301. The number of hydrogen-bond acceptors (Lipinski definition) is 8. The molecule has 0 N–H and O–H groups in total. The third kappa shape index (κ3) is 6.32. The summed E-state index contributed by atoms with van der Waals surface area (Å²) in [6, 6.07) is 32.5. The third-order valence-corrected chi connectivity index (χ3v) is 10.1. The van der Waals surface area contributed by atoms with Gasteiger partial charge in [-0.1, -0.05) is 96.2 Å². The summed E-state index contributed by atoms with van der Waals surface area (Å²) in [7, 11) is 0. The maximum atomic E-state index is 13.5. The minimum absolute atomic E-state index is 0.0301. The number of halogens is 1. The molecule has 45 heavy (non-hydrogen) atoms. The number of thiazole rings is 1. The second-order valence-electron chi connectivity index (χ2n) is 10.5. The maximum absolute atomic E-state index is 13.5. The molecule has 1 fully saturated rings. The first-order valence-electron chi connectivity index (χ1n) is 14.6. The molecular weight excluding hydrogens is 624 g/mol. The fraction of sp³-hybridized carbons (Fsp3) is 0.176. The molecule has 7 rings (SSSR count). The molecule has 6 aromatic rings. The molecular formula is C34H29ClN6O2S2. The number of carbonyl (C=O) groups is 1. The molecule has 0 unspecified atom stereocenters. The molecule has 3 aromatic heterocycles. The molecule has 0 radical (unpaired) electrons. The highest BCUT2D eigenvalue weighted by Gasteiger charge is 2.29. The largest absolute Gasteiger partial charge is 0.461 e. The predicted molar refractivity (Wildman–Crippen MR) is 178 cm³/mol. The van der Waals surface area contributed by atoms with Crippen LogP contribution >= 0.6 is 34.7 Å². The summed E-state index contributed by atoms with van der Waals surface area (Å²) in [4.78, 5) is 22.6. The number of nitrogens with zero attached hydrogens (tertiary/aromatic N) is 6. The summed E-state index contributed by atoms with van der Waals surface area (Å²) < 4.78 is 7.51. The van der Waals surface area contributed by atoms with Crippen LogP contribution in [0.25, 0.3) is 17.3 Å². The first-order valence-corrected chi connectivity index (χ1v) is 16.8. The van der Waals surface area contributed by atoms with Gasteiger partial charge >= 0.3 is 0 Å². The van der Waals surface area contributed by atoms with E-state index < -0.39 is 0 Å². The van der Waals surface area contributed by atoms with E-state index in [0.29, 0.717) is 46.3 Å². The lowest BCUT2D eigenvalue weighted by atomic mass is 9.96. The number of carbonyl (C=O) groups excluding carboxylic acids is 1. The Kier molecular flexibility index (Phi) is 8.79. The Morgan fingerprint density at radius 3 is 2.22 bits per heavy atom. The van der Waals surface area contributed by atoms with Gasteiger partial charge in [0.25, 0.3) is 5.91 Å². The van der Waals surface area contributed by atoms with Crippen LogP contribution < -0.4 is 0 Å².